The van der Waals surface area contributed by atoms with Gasteiger partial charge in [0, 0.05) is 47.9 Å². The van der Waals surface area contributed by atoms with Crippen molar-refractivity contribution in [1.29, 1.82) is 0 Å². The van der Waals surface area contributed by atoms with Crippen LogP contribution in [0.3, 0.4) is 0 Å². The summed E-state index contributed by atoms with van der Waals surface area (Å²) >= 11 is 0. The zero-order valence-corrected chi connectivity index (χ0v) is 26.6. The average Bonchev–Trinajstić information content (AvgIpc) is 3.91. The number of allylic oxidation sites excluding steroid dienone is 8. The molecule has 0 N–H and O–H groups in total. The molecule has 8 rings (SSSR count). The van der Waals surface area contributed by atoms with Crippen molar-refractivity contribution in [3.05, 3.63) is 205 Å². The Bertz CT molecular complexity index is 1830. The summed E-state index contributed by atoms with van der Waals surface area (Å²) in [6.07, 6.45) is 18.1. The summed E-state index contributed by atoms with van der Waals surface area (Å²) in [4.78, 5) is 0. The standard InChI is InChI=1S/C46H36O2/c1-5-17-33(18-6-1)41-29-39(30-42(47-41)34-19-7-2-8-20-34)45(37-25-13-14-26-37)46(38-27-15-16-28-38)40-31-43(35-21-9-3-10-22-35)48-44(32-40)36-23-11-4-12-24-36/h1-32,37-38,45-46H/q+2. The van der Waals surface area contributed by atoms with Crippen molar-refractivity contribution < 1.29 is 8.83 Å². The molecule has 0 amide bonds. The third-order valence-corrected chi connectivity index (χ3v) is 9.41. The summed E-state index contributed by atoms with van der Waals surface area (Å²) in [6.45, 7) is 0. The lowest BCUT2D eigenvalue weighted by atomic mass is 9.69. The first kappa shape index (κ1) is 29.5. The van der Waals surface area contributed by atoms with Gasteiger partial charge in [-0.05, 0) is 59.7 Å². The van der Waals surface area contributed by atoms with Crippen LogP contribution in [0, 0.1) is 11.8 Å². The SMILES string of the molecule is C1=CC(C(c2cc(-c3ccccc3)[o+]c(-c3ccccc3)c2)C(c2cc(-c3ccccc3)[o+]c(-c3ccccc3)c2)C2C=CC=C2)C=C1. The van der Waals surface area contributed by atoms with Gasteiger partial charge in [-0.3, -0.25) is 0 Å². The second-order valence-electron chi connectivity index (χ2n) is 12.4. The smallest absolute Gasteiger partial charge is 0.207 e. The van der Waals surface area contributed by atoms with Crippen molar-refractivity contribution in [3.8, 4) is 45.3 Å². The molecule has 6 aromatic rings. The van der Waals surface area contributed by atoms with Crippen molar-refractivity contribution in [2.24, 2.45) is 11.8 Å². The summed E-state index contributed by atoms with van der Waals surface area (Å²) in [5.41, 5.74) is 6.70. The lowest BCUT2D eigenvalue weighted by Gasteiger charge is -2.33. The van der Waals surface area contributed by atoms with E-state index in [1.165, 1.54) is 11.1 Å². The minimum atomic E-state index is 0.0911. The zero-order chi connectivity index (χ0) is 32.1. The van der Waals surface area contributed by atoms with Gasteiger partial charge in [0.15, 0.2) is 0 Å². The maximum atomic E-state index is 6.69. The second-order valence-corrected chi connectivity index (χ2v) is 12.4. The monoisotopic (exact) mass is 620 g/mol. The first-order valence-corrected chi connectivity index (χ1v) is 16.7. The molecule has 2 heteroatoms. The van der Waals surface area contributed by atoms with Gasteiger partial charge in [0.2, 0.25) is 0 Å². The predicted octanol–water partition coefficient (Wildman–Crippen LogP) is 12.5. The van der Waals surface area contributed by atoms with Gasteiger partial charge in [0.25, 0.3) is 0 Å². The molecule has 2 aromatic heterocycles. The zero-order valence-electron chi connectivity index (χ0n) is 26.6. The summed E-state index contributed by atoms with van der Waals surface area (Å²) in [7, 11) is 0. The normalized spacial score (nSPS) is 15.2. The molecule has 2 unspecified atom stereocenters. The summed E-state index contributed by atoms with van der Waals surface area (Å²) in [5.74, 6) is 3.99. The fourth-order valence-electron chi connectivity index (χ4n) is 7.12. The van der Waals surface area contributed by atoms with Gasteiger partial charge < -0.3 is 0 Å². The van der Waals surface area contributed by atoms with Crippen LogP contribution < -0.4 is 0 Å². The molecule has 0 aliphatic heterocycles. The predicted molar refractivity (Wildman–Crippen MR) is 197 cm³/mol. The van der Waals surface area contributed by atoms with Gasteiger partial charge in [-0.2, -0.15) is 0 Å². The number of hydrogen-bond donors (Lipinski definition) is 0. The molecule has 0 saturated carbocycles. The van der Waals surface area contributed by atoms with E-state index in [1.807, 2.05) is 24.3 Å². The third kappa shape index (κ3) is 6.13. The Labute approximate surface area is 282 Å². The third-order valence-electron chi connectivity index (χ3n) is 9.41. The highest BCUT2D eigenvalue weighted by Crippen LogP contribution is 2.49. The Hall–Kier alpha value is -5.86. The summed E-state index contributed by atoms with van der Waals surface area (Å²) in [6, 6.07) is 50.8. The van der Waals surface area contributed by atoms with Gasteiger partial charge in [0.05, 0.1) is 22.3 Å². The van der Waals surface area contributed by atoms with E-state index in [-0.39, 0.29) is 23.7 Å². The first-order chi connectivity index (χ1) is 23.8. The highest BCUT2D eigenvalue weighted by Gasteiger charge is 2.39. The van der Waals surface area contributed by atoms with Crippen LogP contribution in [0.25, 0.3) is 45.3 Å². The maximum absolute atomic E-state index is 6.69. The van der Waals surface area contributed by atoms with E-state index in [0.717, 1.165) is 45.3 Å². The molecule has 0 bridgehead atoms. The number of benzene rings is 4. The van der Waals surface area contributed by atoms with Crippen LogP contribution in [0.15, 0.2) is 203 Å². The molecule has 2 nitrogen and oxygen atoms in total. The fraction of sp³-hybridized carbons (Fsp3) is 0.0870. The number of rotatable bonds is 9. The van der Waals surface area contributed by atoms with E-state index in [1.54, 1.807) is 0 Å². The topological polar surface area (TPSA) is 22.6 Å². The largest absolute Gasteiger partial charge is 0.361 e. The Morgan fingerprint density at radius 2 is 0.583 bits per heavy atom. The highest BCUT2D eigenvalue weighted by molar-refractivity contribution is 5.67. The molecule has 2 heterocycles. The van der Waals surface area contributed by atoms with Gasteiger partial charge in [-0.25, -0.2) is 8.83 Å². The minimum Gasteiger partial charge on any atom is -0.207 e. The van der Waals surface area contributed by atoms with Crippen LogP contribution in [0.2, 0.25) is 0 Å². The second kappa shape index (κ2) is 13.5. The fourth-order valence-corrected chi connectivity index (χ4v) is 7.12. The summed E-state index contributed by atoms with van der Waals surface area (Å²) in [5, 5.41) is 0. The highest BCUT2D eigenvalue weighted by atomic mass is 16.3. The quantitative estimate of drug-likeness (QED) is 0.150. The maximum Gasteiger partial charge on any atom is 0.361 e. The summed E-state index contributed by atoms with van der Waals surface area (Å²) < 4.78 is 13.4. The Kier molecular flexibility index (Phi) is 8.29. The molecular weight excluding hydrogens is 585 g/mol. The minimum absolute atomic E-state index is 0.0911. The average molecular weight is 621 g/mol. The molecule has 2 aliphatic rings. The van der Waals surface area contributed by atoms with Crippen molar-refractivity contribution in [2.45, 2.75) is 11.8 Å². The van der Waals surface area contributed by atoms with E-state index in [4.69, 9.17) is 8.83 Å². The van der Waals surface area contributed by atoms with Gasteiger partial charge in [-0.1, -0.05) is 121 Å². The van der Waals surface area contributed by atoms with E-state index in [2.05, 4.69) is 170 Å². The van der Waals surface area contributed by atoms with Gasteiger partial charge in [-0.15, -0.1) is 0 Å². The van der Waals surface area contributed by atoms with Crippen molar-refractivity contribution in [2.75, 3.05) is 0 Å². The lowest BCUT2D eigenvalue weighted by Crippen LogP contribution is -2.23. The van der Waals surface area contributed by atoms with Crippen molar-refractivity contribution in [3.63, 3.8) is 0 Å². The van der Waals surface area contributed by atoms with Crippen molar-refractivity contribution >= 4 is 0 Å². The van der Waals surface area contributed by atoms with Crippen molar-refractivity contribution in [1.82, 2.24) is 0 Å². The van der Waals surface area contributed by atoms with Crippen LogP contribution in [-0.2, 0) is 0 Å². The molecular formula is C46H36O2+2. The molecule has 4 aromatic carbocycles. The van der Waals surface area contributed by atoms with Crippen LogP contribution in [0.1, 0.15) is 23.0 Å². The molecule has 0 saturated heterocycles. The number of hydrogen-bond acceptors (Lipinski definition) is 0. The van der Waals surface area contributed by atoms with E-state index >= 15 is 0 Å². The molecule has 0 spiro atoms. The van der Waals surface area contributed by atoms with E-state index < -0.39 is 0 Å². The molecule has 0 radical (unpaired) electrons. The molecule has 48 heavy (non-hydrogen) atoms. The molecule has 230 valence electrons. The molecule has 2 atom stereocenters. The van der Waals surface area contributed by atoms with Gasteiger partial charge in [0.1, 0.15) is 0 Å². The van der Waals surface area contributed by atoms with Crippen LogP contribution in [0.4, 0.5) is 0 Å². The molecule has 2 aliphatic carbocycles. The van der Waals surface area contributed by atoms with Gasteiger partial charge >= 0.3 is 23.0 Å². The van der Waals surface area contributed by atoms with Crippen LogP contribution >= 0.6 is 0 Å². The lowest BCUT2D eigenvalue weighted by molar-refractivity contribution is 0.431. The molecule has 0 fully saturated rings. The van der Waals surface area contributed by atoms with Crippen LogP contribution in [-0.4, -0.2) is 0 Å². The Morgan fingerprint density at radius 1 is 0.333 bits per heavy atom. The Morgan fingerprint density at radius 3 is 0.833 bits per heavy atom. The van der Waals surface area contributed by atoms with Crippen LogP contribution in [0.5, 0.6) is 0 Å². The van der Waals surface area contributed by atoms with E-state index in [9.17, 15) is 0 Å². The Balaban J connectivity index is 1.37. The van der Waals surface area contributed by atoms with E-state index in [0.29, 0.717) is 0 Å². The first-order valence-electron chi connectivity index (χ1n) is 16.7.